The van der Waals surface area contributed by atoms with Gasteiger partial charge in [-0.1, -0.05) is 12.1 Å². The number of hydrogen-bond donors (Lipinski definition) is 0. The number of aromatic nitrogens is 2. The Bertz CT molecular complexity index is 541. The molecular weight excluding hydrogens is 264 g/mol. The topological polar surface area (TPSA) is 17.8 Å². The highest BCUT2D eigenvalue weighted by Crippen LogP contribution is 2.25. The predicted octanol–water partition coefficient (Wildman–Crippen LogP) is 3.87. The Labute approximate surface area is 104 Å². The van der Waals surface area contributed by atoms with Crippen LogP contribution in [0.3, 0.4) is 0 Å². The first-order valence-electron chi connectivity index (χ1n) is 5.30. The minimum absolute atomic E-state index is 1.03. The number of rotatable bonds is 1. The van der Waals surface area contributed by atoms with Gasteiger partial charge in [-0.3, -0.25) is 0 Å². The summed E-state index contributed by atoms with van der Waals surface area (Å²) in [6.07, 6.45) is 0. The number of aryl methyl sites for hydroxylation is 2. The van der Waals surface area contributed by atoms with Gasteiger partial charge in [-0.2, -0.15) is 5.10 Å². The molecular formula is C13H15BrN2. The summed E-state index contributed by atoms with van der Waals surface area (Å²) in [7, 11) is 0. The van der Waals surface area contributed by atoms with Gasteiger partial charge < -0.3 is 0 Å². The maximum absolute atomic E-state index is 4.55. The SMILES string of the molecule is Cc1cccc(-n2nc(C)c(Br)c2C)c1C. The smallest absolute Gasteiger partial charge is 0.0743 e. The summed E-state index contributed by atoms with van der Waals surface area (Å²) in [5, 5.41) is 4.55. The monoisotopic (exact) mass is 278 g/mol. The van der Waals surface area contributed by atoms with Crippen LogP contribution < -0.4 is 0 Å². The summed E-state index contributed by atoms with van der Waals surface area (Å²) in [5.41, 5.74) is 5.90. The van der Waals surface area contributed by atoms with E-state index < -0.39 is 0 Å². The molecule has 84 valence electrons. The lowest BCUT2D eigenvalue weighted by Gasteiger charge is -2.10. The molecule has 0 fully saturated rings. The molecule has 0 aliphatic rings. The second-order valence-corrected chi connectivity index (χ2v) is 4.91. The number of hydrogen-bond acceptors (Lipinski definition) is 1. The molecule has 0 saturated heterocycles. The van der Waals surface area contributed by atoms with E-state index in [1.165, 1.54) is 11.1 Å². The van der Waals surface area contributed by atoms with Gasteiger partial charge in [-0.05, 0) is 60.8 Å². The van der Waals surface area contributed by atoms with Gasteiger partial charge in [0.2, 0.25) is 0 Å². The van der Waals surface area contributed by atoms with Gasteiger partial charge in [0.1, 0.15) is 0 Å². The Morgan fingerprint density at radius 1 is 1.12 bits per heavy atom. The van der Waals surface area contributed by atoms with Crippen molar-refractivity contribution >= 4 is 15.9 Å². The van der Waals surface area contributed by atoms with E-state index in [1.807, 2.05) is 11.6 Å². The molecule has 0 atom stereocenters. The fourth-order valence-corrected chi connectivity index (χ4v) is 2.07. The maximum Gasteiger partial charge on any atom is 0.0743 e. The average Bonchev–Trinajstić information content (AvgIpc) is 2.50. The summed E-state index contributed by atoms with van der Waals surface area (Å²) in [6.45, 7) is 8.35. The third-order valence-corrected chi connectivity index (χ3v) is 4.15. The Kier molecular flexibility index (Phi) is 2.89. The van der Waals surface area contributed by atoms with Crippen molar-refractivity contribution in [2.45, 2.75) is 27.7 Å². The van der Waals surface area contributed by atoms with Gasteiger partial charge in [0, 0.05) is 0 Å². The number of nitrogens with zero attached hydrogens (tertiary/aromatic N) is 2. The summed E-state index contributed by atoms with van der Waals surface area (Å²) < 4.78 is 3.09. The van der Waals surface area contributed by atoms with Gasteiger partial charge >= 0.3 is 0 Å². The van der Waals surface area contributed by atoms with Crippen LogP contribution in [0.5, 0.6) is 0 Å². The molecule has 0 unspecified atom stereocenters. The number of benzene rings is 1. The molecule has 3 heteroatoms. The third-order valence-electron chi connectivity index (χ3n) is 3.01. The first-order chi connectivity index (χ1) is 7.52. The minimum Gasteiger partial charge on any atom is -0.236 e. The van der Waals surface area contributed by atoms with Crippen LogP contribution in [0.4, 0.5) is 0 Å². The van der Waals surface area contributed by atoms with Crippen molar-refractivity contribution in [3.05, 3.63) is 45.2 Å². The predicted molar refractivity (Wildman–Crippen MR) is 70.2 cm³/mol. The van der Waals surface area contributed by atoms with Gasteiger partial charge in [0.15, 0.2) is 0 Å². The highest BCUT2D eigenvalue weighted by Gasteiger charge is 2.12. The highest BCUT2D eigenvalue weighted by atomic mass is 79.9. The summed E-state index contributed by atoms with van der Waals surface area (Å²) in [5.74, 6) is 0. The van der Waals surface area contributed by atoms with E-state index in [-0.39, 0.29) is 0 Å². The quantitative estimate of drug-likeness (QED) is 0.774. The average molecular weight is 279 g/mol. The van der Waals surface area contributed by atoms with Crippen LogP contribution in [-0.4, -0.2) is 9.78 Å². The fourth-order valence-electron chi connectivity index (χ4n) is 1.82. The van der Waals surface area contributed by atoms with Gasteiger partial charge in [0.25, 0.3) is 0 Å². The molecule has 1 heterocycles. The third kappa shape index (κ3) is 1.69. The lowest BCUT2D eigenvalue weighted by molar-refractivity contribution is 0.825. The molecule has 0 N–H and O–H groups in total. The molecule has 0 radical (unpaired) electrons. The normalized spacial score (nSPS) is 10.8. The van der Waals surface area contributed by atoms with E-state index in [1.54, 1.807) is 0 Å². The largest absolute Gasteiger partial charge is 0.236 e. The van der Waals surface area contributed by atoms with Crippen molar-refractivity contribution in [1.29, 1.82) is 0 Å². The molecule has 2 nitrogen and oxygen atoms in total. The molecule has 2 aromatic rings. The molecule has 2 rings (SSSR count). The number of halogens is 1. The van der Waals surface area contributed by atoms with Crippen LogP contribution in [0.2, 0.25) is 0 Å². The van der Waals surface area contributed by atoms with Crippen LogP contribution in [-0.2, 0) is 0 Å². The standard InChI is InChI=1S/C13H15BrN2/c1-8-6-5-7-12(9(8)2)16-11(4)13(14)10(3)15-16/h5-7H,1-4H3. The van der Waals surface area contributed by atoms with Crippen LogP contribution >= 0.6 is 15.9 Å². The van der Waals surface area contributed by atoms with E-state index in [0.29, 0.717) is 0 Å². The Morgan fingerprint density at radius 3 is 2.38 bits per heavy atom. The second-order valence-electron chi connectivity index (χ2n) is 4.12. The van der Waals surface area contributed by atoms with Gasteiger partial charge in [0.05, 0.1) is 21.5 Å². The van der Waals surface area contributed by atoms with Crippen molar-refractivity contribution in [1.82, 2.24) is 9.78 Å². The zero-order chi connectivity index (χ0) is 11.9. The first-order valence-corrected chi connectivity index (χ1v) is 6.10. The van der Waals surface area contributed by atoms with Crippen molar-refractivity contribution in [2.24, 2.45) is 0 Å². The molecule has 1 aromatic carbocycles. The lowest BCUT2D eigenvalue weighted by atomic mass is 10.1. The van der Waals surface area contributed by atoms with Crippen molar-refractivity contribution in [2.75, 3.05) is 0 Å². The highest BCUT2D eigenvalue weighted by molar-refractivity contribution is 9.10. The van der Waals surface area contributed by atoms with Gasteiger partial charge in [-0.15, -0.1) is 0 Å². The van der Waals surface area contributed by atoms with Crippen molar-refractivity contribution in [3.63, 3.8) is 0 Å². The maximum atomic E-state index is 4.55. The molecule has 0 spiro atoms. The molecule has 0 bridgehead atoms. The Morgan fingerprint density at radius 2 is 1.81 bits per heavy atom. The Hall–Kier alpha value is -1.09. The molecule has 0 saturated carbocycles. The molecule has 16 heavy (non-hydrogen) atoms. The summed E-state index contributed by atoms with van der Waals surface area (Å²) in [4.78, 5) is 0. The zero-order valence-electron chi connectivity index (χ0n) is 10.0. The van der Waals surface area contributed by atoms with E-state index in [2.05, 4.69) is 60.0 Å². The van der Waals surface area contributed by atoms with Crippen LogP contribution in [0.25, 0.3) is 5.69 Å². The fraction of sp³-hybridized carbons (Fsp3) is 0.308. The summed E-state index contributed by atoms with van der Waals surface area (Å²) >= 11 is 3.56. The molecule has 0 aliphatic heterocycles. The van der Waals surface area contributed by atoms with E-state index in [4.69, 9.17) is 0 Å². The first kappa shape index (κ1) is 11.4. The van der Waals surface area contributed by atoms with Crippen LogP contribution in [0, 0.1) is 27.7 Å². The molecule has 0 aliphatic carbocycles. The van der Waals surface area contributed by atoms with Crippen LogP contribution in [0.1, 0.15) is 22.5 Å². The minimum atomic E-state index is 1.03. The van der Waals surface area contributed by atoms with Crippen LogP contribution in [0.15, 0.2) is 22.7 Å². The van der Waals surface area contributed by atoms with E-state index >= 15 is 0 Å². The van der Waals surface area contributed by atoms with E-state index in [9.17, 15) is 0 Å². The van der Waals surface area contributed by atoms with E-state index in [0.717, 1.165) is 21.5 Å². The van der Waals surface area contributed by atoms with Crippen molar-refractivity contribution < 1.29 is 0 Å². The second kappa shape index (κ2) is 4.06. The molecule has 0 amide bonds. The molecule has 1 aromatic heterocycles. The summed E-state index contributed by atoms with van der Waals surface area (Å²) in [6, 6.07) is 6.30. The van der Waals surface area contributed by atoms with Crippen molar-refractivity contribution in [3.8, 4) is 5.69 Å². The Balaban J connectivity index is 2.68. The lowest BCUT2D eigenvalue weighted by Crippen LogP contribution is -2.02. The zero-order valence-corrected chi connectivity index (χ0v) is 11.6. The van der Waals surface area contributed by atoms with Gasteiger partial charge in [-0.25, -0.2) is 4.68 Å².